The van der Waals surface area contributed by atoms with E-state index in [1.54, 1.807) is 4.90 Å². The SMILES string of the molecule is CCOc1ccccc1N(CCC(=O)NCCC1=CCCCC1)C(C)=O. The molecule has 142 valence electrons. The van der Waals surface area contributed by atoms with Crippen LogP contribution in [0.25, 0.3) is 0 Å². The maximum Gasteiger partial charge on any atom is 0.223 e. The van der Waals surface area contributed by atoms with Crippen LogP contribution in [0.5, 0.6) is 5.75 Å². The Kier molecular flexibility index (Phi) is 8.19. The lowest BCUT2D eigenvalue weighted by Crippen LogP contribution is -2.34. The third-order valence-electron chi connectivity index (χ3n) is 4.55. The zero-order chi connectivity index (χ0) is 18.8. The third kappa shape index (κ3) is 6.21. The summed E-state index contributed by atoms with van der Waals surface area (Å²) in [5.41, 5.74) is 2.16. The van der Waals surface area contributed by atoms with Crippen LogP contribution in [0, 0.1) is 0 Å². The van der Waals surface area contributed by atoms with Gasteiger partial charge in [0.25, 0.3) is 0 Å². The Labute approximate surface area is 156 Å². The molecule has 0 aliphatic heterocycles. The van der Waals surface area contributed by atoms with Crippen molar-refractivity contribution in [1.82, 2.24) is 5.32 Å². The number of rotatable bonds is 9. The summed E-state index contributed by atoms with van der Waals surface area (Å²) >= 11 is 0. The largest absolute Gasteiger partial charge is 0.492 e. The molecule has 1 N–H and O–H groups in total. The van der Waals surface area contributed by atoms with Crippen LogP contribution < -0.4 is 15.0 Å². The predicted molar refractivity (Wildman–Crippen MR) is 104 cm³/mol. The smallest absolute Gasteiger partial charge is 0.223 e. The maximum atomic E-state index is 12.2. The molecule has 0 saturated heterocycles. The molecular weight excluding hydrogens is 328 g/mol. The summed E-state index contributed by atoms with van der Waals surface area (Å²) in [6, 6.07) is 7.43. The minimum absolute atomic E-state index is 0.0263. The van der Waals surface area contributed by atoms with Crippen LogP contribution in [0.1, 0.15) is 52.4 Å². The fourth-order valence-electron chi connectivity index (χ4n) is 3.20. The van der Waals surface area contributed by atoms with Gasteiger partial charge in [0, 0.05) is 26.4 Å². The molecular formula is C21H30N2O3. The molecule has 0 bridgehead atoms. The van der Waals surface area contributed by atoms with E-state index in [0.717, 1.165) is 19.3 Å². The lowest BCUT2D eigenvalue weighted by Gasteiger charge is -2.23. The van der Waals surface area contributed by atoms with Crippen LogP contribution in [0.2, 0.25) is 0 Å². The number of nitrogens with zero attached hydrogens (tertiary/aromatic N) is 1. The summed E-state index contributed by atoms with van der Waals surface area (Å²) in [4.78, 5) is 25.8. The van der Waals surface area contributed by atoms with Gasteiger partial charge in [-0.3, -0.25) is 9.59 Å². The molecule has 0 unspecified atom stereocenters. The summed E-state index contributed by atoms with van der Waals surface area (Å²) in [5, 5.41) is 2.97. The Balaban J connectivity index is 1.85. The van der Waals surface area contributed by atoms with Crippen molar-refractivity contribution in [3.05, 3.63) is 35.9 Å². The maximum absolute atomic E-state index is 12.2. The number of hydrogen-bond donors (Lipinski definition) is 1. The minimum Gasteiger partial charge on any atom is -0.492 e. The van der Waals surface area contributed by atoms with E-state index in [9.17, 15) is 9.59 Å². The fraction of sp³-hybridized carbons (Fsp3) is 0.524. The highest BCUT2D eigenvalue weighted by atomic mass is 16.5. The average Bonchev–Trinajstić information content (AvgIpc) is 2.64. The lowest BCUT2D eigenvalue weighted by atomic mass is 9.97. The third-order valence-corrected chi connectivity index (χ3v) is 4.55. The number of anilines is 1. The highest BCUT2D eigenvalue weighted by Crippen LogP contribution is 2.28. The summed E-state index contributed by atoms with van der Waals surface area (Å²) in [6.07, 6.45) is 8.36. The zero-order valence-corrected chi connectivity index (χ0v) is 15.9. The van der Waals surface area contributed by atoms with Gasteiger partial charge in [-0.25, -0.2) is 0 Å². The molecule has 0 spiro atoms. The Morgan fingerprint density at radius 1 is 1.23 bits per heavy atom. The molecule has 1 aliphatic carbocycles. The number of ether oxygens (including phenoxy) is 1. The Hall–Kier alpha value is -2.30. The monoisotopic (exact) mass is 358 g/mol. The first-order valence-electron chi connectivity index (χ1n) is 9.56. The second kappa shape index (κ2) is 10.6. The standard InChI is InChI=1S/C21H30N2O3/c1-3-26-20-12-8-7-11-19(20)23(17(2)24)16-14-21(25)22-15-13-18-9-5-4-6-10-18/h7-9,11-12H,3-6,10,13-16H2,1-2H3,(H,22,25). The number of allylic oxidation sites excluding steroid dienone is 1. The molecule has 0 saturated carbocycles. The number of carbonyl (C=O) groups is 2. The zero-order valence-electron chi connectivity index (χ0n) is 15.9. The van der Waals surface area contributed by atoms with E-state index in [0.29, 0.717) is 31.1 Å². The van der Waals surface area contributed by atoms with Gasteiger partial charge in [-0.05, 0) is 51.2 Å². The minimum atomic E-state index is -0.0997. The summed E-state index contributed by atoms with van der Waals surface area (Å²) < 4.78 is 5.61. The van der Waals surface area contributed by atoms with Crippen molar-refractivity contribution in [3.8, 4) is 5.75 Å². The van der Waals surface area contributed by atoms with Gasteiger partial charge in [-0.1, -0.05) is 23.8 Å². The van der Waals surface area contributed by atoms with Crippen molar-refractivity contribution in [1.29, 1.82) is 0 Å². The quantitative estimate of drug-likeness (QED) is 0.683. The number of amides is 2. The van der Waals surface area contributed by atoms with Crippen LogP contribution >= 0.6 is 0 Å². The number of hydrogen-bond acceptors (Lipinski definition) is 3. The number of nitrogens with one attached hydrogen (secondary N) is 1. The Morgan fingerprint density at radius 3 is 2.73 bits per heavy atom. The van der Waals surface area contributed by atoms with Crippen LogP contribution in [0.3, 0.4) is 0 Å². The number of carbonyl (C=O) groups excluding carboxylic acids is 2. The van der Waals surface area contributed by atoms with Gasteiger partial charge in [0.15, 0.2) is 0 Å². The highest BCUT2D eigenvalue weighted by Gasteiger charge is 2.17. The van der Waals surface area contributed by atoms with Gasteiger partial charge in [-0.15, -0.1) is 0 Å². The lowest BCUT2D eigenvalue weighted by molar-refractivity contribution is -0.121. The average molecular weight is 358 g/mol. The first kappa shape index (κ1) is 20.0. The van der Waals surface area contributed by atoms with E-state index in [-0.39, 0.29) is 18.2 Å². The van der Waals surface area contributed by atoms with Crippen molar-refractivity contribution in [2.45, 2.75) is 52.4 Å². The number of benzene rings is 1. The van der Waals surface area contributed by atoms with E-state index in [1.165, 1.54) is 25.3 Å². The normalized spacial score (nSPS) is 13.7. The van der Waals surface area contributed by atoms with E-state index in [1.807, 2.05) is 31.2 Å². The van der Waals surface area contributed by atoms with Crippen LogP contribution in [-0.4, -0.2) is 31.5 Å². The first-order valence-corrected chi connectivity index (χ1v) is 9.56. The second-order valence-electron chi connectivity index (χ2n) is 6.53. The Morgan fingerprint density at radius 2 is 2.04 bits per heavy atom. The fourth-order valence-corrected chi connectivity index (χ4v) is 3.20. The molecule has 1 aliphatic rings. The molecule has 0 atom stereocenters. The molecule has 1 aromatic carbocycles. The van der Waals surface area contributed by atoms with Crippen LogP contribution in [0.4, 0.5) is 5.69 Å². The first-order chi connectivity index (χ1) is 12.6. The topological polar surface area (TPSA) is 58.6 Å². The molecule has 1 aromatic rings. The van der Waals surface area contributed by atoms with Crippen molar-refractivity contribution in [2.24, 2.45) is 0 Å². The van der Waals surface area contributed by atoms with Gasteiger partial charge >= 0.3 is 0 Å². The van der Waals surface area contributed by atoms with Crippen molar-refractivity contribution in [3.63, 3.8) is 0 Å². The molecule has 5 nitrogen and oxygen atoms in total. The number of para-hydroxylation sites is 2. The van der Waals surface area contributed by atoms with Gasteiger partial charge in [0.2, 0.25) is 11.8 Å². The van der Waals surface area contributed by atoms with E-state index in [4.69, 9.17) is 4.74 Å². The predicted octanol–water partition coefficient (Wildman–Crippen LogP) is 3.84. The van der Waals surface area contributed by atoms with Gasteiger partial charge in [-0.2, -0.15) is 0 Å². The molecule has 0 fully saturated rings. The molecule has 0 heterocycles. The molecule has 26 heavy (non-hydrogen) atoms. The molecule has 0 aromatic heterocycles. The van der Waals surface area contributed by atoms with Crippen LogP contribution in [-0.2, 0) is 9.59 Å². The highest BCUT2D eigenvalue weighted by molar-refractivity contribution is 5.93. The van der Waals surface area contributed by atoms with E-state index < -0.39 is 0 Å². The van der Waals surface area contributed by atoms with Gasteiger partial charge in [0.1, 0.15) is 5.75 Å². The molecule has 2 rings (SSSR count). The molecule has 0 radical (unpaired) electrons. The van der Waals surface area contributed by atoms with Crippen molar-refractivity contribution >= 4 is 17.5 Å². The Bertz CT molecular complexity index is 640. The summed E-state index contributed by atoms with van der Waals surface area (Å²) in [7, 11) is 0. The summed E-state index contributed by atoms with van der Waals surface area (Å²) in [6.45, 7) is 4.95. The van der Waals surface area contributed by atoms with E-state index >= 15 is 0 Å². The second-order valence-corrected chi connectivity index (χ2v) is 6.53. The van der Waals surface area contributed by atoms with E-state index in [2.05, 4.69) is 11.4 Å². The molecule has 5 heteroatoms. The van der Waals surface area contributed by atoms with Crippen LogP contribution in [0.15, 0.2) is 35.9 Å². The van der Waals surface area contributed by atoms with Crippen molar-refractivity contribution < 1.29 is 14.3 Å². The van der Waals surface area contributed by atoms with Gasteiger partial charge < -0.3 is 15.0 Å². The summed E-state index contributed by atoms with van der Waals surface area (Å²) in [5.74, 6) is 0.536. The molecule has 2 amide bonds. The van der Waals surface area contributed by atoms with Crippen molar-refractivity contribution in [2.75, 3.05) is 24.6 Å². The van der Waals surface area contributed by atoms with Gasteiger partial charge in [0.05, 0.1) is 12.3 Å².